The van der Waals surface area contributed by atoms with Gasteiger partial charge >= 0.3 is 5.97 Å². The summed E-state index contributed by atoms with van der Waals surface area (Å²) in [6.07, 6.45) is 2.81. The van der Waals surface area contributed by atoms with Crippen molar-refractivity contribution in [2.75, 3.05) is 0 Å². The molecule has 3 heterocycles. The van der Waals surface area contributed by atoms with Crippen LogP contribution in [0.5, 0.6) is 0 Å². The Balaban J connectivity index is 2.35. The van der Waals surface area contributed by atoms with Gasteiger partial charge in [-0.2, -0.15) is 9.50 Å². The van der Waals surface area contributed by atoms with Crippen LogP contribution in [0, 0.1) is 6.92 Å². The topological polar surface area (TPSA) is 102 Å². The number of rotatable bonds is 2. The van der Waals surface area contributed by atoms with E-state index in [4.69, 9.17) is 5.11 Å². The predicted octanol–water partition coefficient (Wildman–Crippen LogP) is -0.168. The lowest BCUT2D eigenvalue weighted by atomic mass is 10.3. The Bertz CT molecular complexity index is 864. The smallest absolute Gasteiger partial charge is 0.323 e. The molecule has 0 aliphatic rings. The second-order valence-electron chi connectivity index (χ2n) is 4.07. The largest absolute Gasteiger partial charge is 0.480 e. The molecule has 0 atom stereocenters. The van der Waals surface area contributed by atoms with E-state index in [1.54, 1.807) is 13.0 Å². The van der Waals surface area contributed by atoms with Gasteiger partial charge in [-0.05, 0) is 13.0 Å². The lowest BCUT2D eigenvalue weighted by Gasteiger charge is -2.04. The molecule has 0 fully saturated rings. The number of aliphatic carboxylic acids is 1. The fourth-order valence-electron chi connectivity index (χ4n) is 1.93. The number of aryl methyl sites for hydroxylation is 1. The van der Waals surface area contributed by atoms with Crippen LogP contribution in [-0.2, 0) is 11.3 Å². The molecule has 0 amide bonds. The molecule has 0 saturated heterocycles. The first-order valence-electron chi connectivity index (χ1n) is 5.49. The fraction of sp³-hybridized carbons (Fsp3) is 0.182. The molecule has 0 aromatic carbocycles. The van der Waals surface area contributed by atoms with Gasteiger partial charge in [-0.15, -0.1) is 5.10 Å². The number of fused-ring (bicyclic) bond motifs is 3. The molecule has 0 unspecified atom stereocenters. The van der Waals surface area contributed by atoms with E-state index >= 15 is 0 Å². The molecular formula is C11H9N5O3. The first-order chi connectivity index (χ1) is 9.06. The zero-order valence-electron chi connectivity index (χ0n) is 9.94. The molecule has 3 rings (SSSR count). The minimum Gasteiger partial charge on any atom is -0.480 e. The van der Waals surface area contributed by atoms with Gasteiger partial charge in [0.25, 0.3) is 11.3 Å². The summed E-state index contributed by atoms with van der Waals surface area (Å²) in [6, 6.07) is 1.63. The number of pyridine rings is 1. The Labute approximate surface area is 106 Å². The molecule has 0 saturated carbocycles. The van der Waals surface area contributed by atoms with E-state index in [0.717, 1.165) is 4.57 Å². The van der Waals surface area contributed by atoms with E-state index < -0.39 is 11.5 Å². The van der Waals surface area contributed by atoms with Crippen LogP contribution < -0.4 is 5.56 Å². The number of carboxylic acids is 1. The number of carbonyl (C=O) groups is 1. The monoisotopic (exact) mass is 259 g/mol. The average Bonchev–Trinajstić information content (AvgIpc) is 2.72. The van der Waals surface area contributed by atoms with Crippen molar-refractivity contribution < 1.29 is 9.90 Å². The summed E-state index contributed by atoms with van der Waals surface area (Å²) in [5.74, 6) is -0.123. The summed E-state index contributed by atoms with van der Waals surface area (Å²) in [5, 5.41) is 13.2. The lowest BCUT2D eigenvalue weighted by molar-refractivity contribution is -0.137. The lowest BCUT2D eigenvalue weighted by Crippen LogP contribution is -2.24. The van der Waals surface area contributed by atoms with E-state index in [9.17, 15) is 9.59 Å². The van der Waals surface area contributed by atoms with Crippen molar-refractivity contribution in [1.82, 2.24) is 24.1 Å². The Morgan fingerprint density at radius 3 is 3.00 bits per heavy atom. The van der Waals surface area contributed by atoms with Gasteiger partial charge in [0, 0.05) is 12.4 Å². The highest BCUT2D eigenvalue weighted by Gasteiger charge is 2.10. The van der Waals surface area contributed by atoms with Crippen molar-refractivity contribution >= 4 is 22.6 Å². The zero-order valence-corrected chi connectivity index (χ0v) is 9.94. The third kappa shape index (κ3) is 1.73. The third-order valence-electron chi connectivity index (χ3n) is 2.72. The van der Waals surface area contributed by atoms with Gasteiger partial charge in [0.2, 0.25) is 0 Å². The molecule has 0 radical (unpaired) electrons. The number of hydrogen-bond donors (Lipinski definition) is 1. The van der Waals surface area contributed by atoms with Crippen molar-refractivity contribution in [3.05, 3.63) is 34.6 Å². The Kier molecular flexibility index (Phi) is 2.31. The first-order valence-corrected chi connectivity index (χ1v) is 5.49. The third-order valence-corrected chi connectivity index (χ3v) is 2.72. The van der Waals surface area contributed by atoms with E-state index in [1.807, 2.05) is 0 Å². The maximum absolute atomic E-state index is 12.1. The van der Waals surface area contributed by atoms with Gasteiger partial charge in [-0.25, -0.2) is 4.98 Å². The van der Waals surface area contributed by atoms with E-state index in [2.05, 4.69) is 15.1 Å². The molecule has 3 aromatic rings. The van der Waals surface area contributed by atoms with Crippen molar-refractivity contribution in [3.8, 4) is 0 Å². The molecule has 0 spiro atoms. The summed E-state index contributed by atoms with van der Waals surface area (Å²) in [6.45, 7) is 1.34. The van der Waals surface area contributed by atoms with E-state index in [0.29, 0.717) is 22.5 Å². The van der Waals surface area contributed by atoms with Crippen molar-refractivity contribution in [1.29, 1.82) is 0 Å². The second kappa shape index (κ2) is 3.87. The zero-order chi connectivity index (χ0) is 13.6. The highest BCUT2D eigenvalue weighted by atomic mass is 16.4. The first kappa shape index (κ1) is 11.3. The number of carboxylic acid groups (broad SMARTS) is 1. The summed E-state index contributed by atoms with van der Waals surface area (Å²) in [4.78, 5) is 30.9. The molecule has 8 nitrogen and oxygen atoms in total. The van der Waals surface area contributed by atoms with Crippen LogP contribution in [0.4, 0.5) is 0 Å². The minimum atomic E-state index is -1.08. The number of aromatic nitrogens is 5. The minimum absolute atomic E-state index is 0.307. The van der Waals surface area contributed by atoms with Crippen LogP contribution in [0.1, 0.15) is 5.82 Å². The predicted molar refractivity (Wildman–Crippen MR) is 64.9 cm³/mol. The SMILES string of the molecule is Cc1nc2ncc3c(=O)n(CC(=O)O)ccc3n2n1. The standard InChI is InChI=1S/C11H9N5O3/c1-6-13-11-12-4-7-8(16(11)14-6)2-3-15(10(7)19)5-9(17)18/h2-4H,5H2,1H3,(H,17,18). The fourth-order valence-corrected chi connectivity index (χ4v) is 1.93. The van der Waals surface area contributed by atoms with Crippen LogP contribution >= 0.6 is 0 Å². The molecule has 3 aromatic heterocycles. The van der Waals surface area contributed by atoms with Crippen LogP contribution in [0.15, 0.2) is 23.3 Å². The van der Waals surface area contributed by atoms with Gasteiger partial charge < -0.3 is 9.67 Å². The van der Waals surface area contributed by atoms with Crippen LogP contribution in [0.25, 0.3) is 16.7 Å². The van der Waals surface area contributed by atoms with Crippen molar-refractivity contribution in [3.63, 3.8) is 0 Å². The quantitative estimate of drug-likeness (QED) is 0.685. The molecule has 0 aliphatic carbocycles. The Morgan fingerprint density at radius 2 is 2.26 bits per heavy atom. The normalized spacial score (nSPS) is 11.2. The van der Waals surface area contributed by atoms with E-state index in [1.165, 1.54) is 16.9 Å². The maximum atomic E-state index is 12.1. The van der Waals surface area contributed by atoms with Crippen LogP contribution in [-0.4, -0.2) is 35.2 Å². The highest BCUT2D eigenvalue weighted by Crippen LogP contribution is 2.09. The van der Waals surface area contributed by atoms with Gasteiger partial charge in [0.05, 0.1) is 10.9 Å². The summed E-state index contributed by atoms with van der Waals surface area (Å²) in [5.41, 5.74) is 0.139. The van der Waals surface area contributed by atoms with Gasteiger partial charge in [-0.1, -0.05) is 0 Å². The second-order valence-corrected chi connectivity index (χ2v) is 4.07. The van der Waals surface area contributed by atoms with Gasteiger partial charge in [-0.3, -0.25) is 9.59 Å². The molecule has 8 heteroatoms. The molecule has 19 heavy (non-hydrogen) atoms. The van der Waals surface area contributed by atoms with Crippen molar-refractivity contribution in [2.24, 2.45) is 0 Å². The summed E-state index contributed by atoms with van der Waals surface area (Å²) in [7, 11) is 0. The van der Waals surface area contributed by atoms with E-state index in [-0.39, 0.29) is 6.54 Å². The molecule has 0 aliphatic heterocycles. The summed E-state index contributed by atoms with van der Waals surface area (Å²) < 4.78 is 2.58. The molecule has 1 N–H and O–H groups in total. The Hall–Kier alpha value is -2.77. The van der Waals surface area contributed by atoms with Gasteiger partial charge in [0.1, 0.15) is 12.4 Å². The summed E-state index contributed by atoms with van der Waals surface area (Å²) >= 11 is 0. The highest BCUT2D eigenvalue weighted by molar-refractivity contribution is 5.79. The van der Waals surface area contributed by atoms with Crippen LogP contribution in [0.3, 0.4) is 0 Å². The molecular weight excluding hydrogens is 250 g/mol. The number of hydrogen-bond acceptors (Lipinski definition) is 5. The average molecular weight is 259 g/mol. The maximum Gasteiger partial charge on any atom is 0.323 e. The molecule has 96 valence electrons. The molecule has 0 bridgehead atoms. The Morgan fingerprint density at radius 1 is 1.47 bits per heavy atom. The van der Waals surface area contributed by atoms with Crippen LogP contribution in [0.2, 0.25) is 0 Å². The van der Waals surface area contributed by atoms with Crippen molar-refractivity contribution in [2.45, 2.75) is 13.5 Å². The number of nitrogens with zero attached hydrogens (tertiary/aromatic N) is 5. The van der Waals surface area contributed by atoms with Gasteiger partial charge in [0.15, 0.2) is 0 Å².